The second-order valence-corrected chi connectivity index (χ2v) is 39.1. The van der Waals surface area contributed by atoms with Crippen LogP contribution in [-0.2, 0) is 37.0 Å². The zero-order chi connectivity index (χ0) is 82.6. The summed E-state index contributed by atoms with van der Waals surface area (Å²) < 4.78 is 4.87. The summed E-state index contributed by atoms with van der Waals surface area (Å²) in [5.41, 5.74) is 3.24. The molecule has 11 N–H and O–H groups in total. The molecule has 117 heavy (non-hydrogen) atoms. The molecule has 2 aromatic carbocycles. The number of unbranched alkanes of at least 4 members (excludes halogenated alkanes) is 24. The van der Waals surface area contributed by atoms with Crippen LogP contribution in [-0.4, -0.2) is 213 Å². The number of methoxy groups -OCH3 is 1. The Hall–Kier alpha value is -5.94. The average molecular weight is 1700 g/mol. The van der Waals surface area contributed by atoms with E-state index in [1.807, 2.05) is 83.4 Å². The number of nitrogens with zero attached hydrogens (tertiary/aromatic N) is 2. The number of hydrogen-bond donors (Lipinski definition) is 11. The van der Waals surface area contributed by atoms with Crippen molar-refractivity contribution in [3.63, 3.8) is 0 Å². The van der Waals surface area contributed by atoms with Crippen molar-refractivity contribution in [2.75, 3.05) is 69.4 Å². The lowest BCUT2D eigenvalue weighted by atomic mass is 10.0. The molecule has 8 fully saturated rings. The van der Waals surface area contributed by atoms with E-state index in [1.165, 1.54) is 70.5 Å². The minimum absolute atomic E-state index is 0.0353. The third-order valence-corrected chi connectivity index (χ3v) is 30.7. The minimum atomic E-state index is -0.898. The van der Waals surface area contributed by atoms with Crippen LogP contribution in [0.2, 0.25) is 0 Å². The fourth-order valence-corrected chi connectivity index (χ4v) is 24.0. The van der Waals surface area contributed by atoms with E-state index in [9.17, 15) is 53.1 Å². The van der Waals surface area contributed by atoms with Gasteiger partial charge in [0, 0.05) is 109 Å². The number of thioether (sulfide) groups is 4. The molecule has 10 amide bonds. The van der Waals surface area contributed by atoms with Crippen molar-refractivity contribution in [1.82, 2.24) is 63.0 Å². The molecule has 12 unspecified atom stereocenters. The SMILES string of the molecule is COC(=O)c1ccc(CN(CCCCCCCCCC(=O)CCCCC2SCC3NC(=O)NC32)CCCCCCCNC(=O)CCCCC2SCC3NC(=O)NC32)cc1.O=C(CCCCCCCCCN(CCCCCCCNC(=O)CCCCC1SCC2NC(=O)NC21)Cc1ccc(C(=O)O)cc1)CCCCC1SCC2NC(=O)NC21. The van der Waals surface area contributed by atoms with Gasteiger partial charge in [0.05, 0.1) is 66.6 Å². The van der Waals surface area contributed by atoms with Crippen LogP contribution in [0, 0.1) is 0 Å². The number of carboxylic acids is 1. The first-order valence-corrected chi connectivity index (χ1v) is 49.5. The van der Waals surface area contributed by atoms with E-state index >= 15 is 0 Å². The van der Waals surface area contributed by atoms with Gasteiger partial charge in [-0.25, -0.2) is 28.8 Å². The number of esters is 1. The molecule has 0 saturated carbocycles. The number of ketones is 2. The number of fused-ring (bicyclic) bond motifs is 4. The maximum Gasteiger partial charge on any atom is 0.337 e. The molecular weight excluding hydrogens is 1560 g/mol. The van der Waals surface area contributed by atoms with Gasteiger partial charge in [-0.05, 0) is 164 Å². The molecule has 0 spiro atoms. The summed E-state index contributed by atoms with van der Waals surface area (Å²) in [4.78, 5) is 124. The number of urea groups is 4. The zero-order valence-corrected chi connectivity index (χ0v) is 73.5. The lowest BCUT2D eigenvalue weighted by Crippen LogP contribution is -2.36. The fourth-order valence-electron chi connectivity index (χ4n) is 17.8. The Kier molecular flexibility index (Phi) is 44.2. The molecule has 10 rings (SSSR count). The van der Waals surface area contributed by atoms with Gasteiger partial charge in [-0.2, -0.15) is 47.0 Å². The number of Topliss-reactive ketones (excluding diaryl/α,β-unsaturated/α-hetero) is 2. The molecule has 0 aromatic heterocycles. The monoisotopic (exact) mass is 1700 g/mol. The van der Waals surface area contributed by atoms with E-state index < -0.39 is 5.97 Å². The van der Waals surface area contributed by atoms with Gasteiger partial charge < -0.3 is 63.0 Å². The van der Waals surface area contributed by atoms with Gasteiger partial charge in [0.2, 0.25) is 11.8 Å². The lowest BCUT2D eigenvalue weighted by Gasteiger charge is -2.22. The van der Waals surface area contributed by atoms with Crippen LogP contribution < -0.4 is 53.2 Å². The second kappa shape index (κ2) is 54.4. The molecule has 2 aromatic rings. The van der Waals surface area contributed by atoms with Crippen LogP contribution in [0.4, 0.5) is 19.2 Å². The molecule has 8 saturated heterocycles. The smallest absolute Gasteiger partial charge is 0.337 e. The van der Waals surface area contributed by atoms with Gasteiger partial charge in [0.15, 0.2) is 0 Å². The van der Waals surface area contributed by atoms with Gasteiger partial charge in [0.1, 0.15) is 11.6 Å². The molecule has 12 atom stereocenters. The van der Waals surface area contributed by atoms with Crippen LogP contribution in [0.15, 0.2) is 48.5 Å². The second-order valence-electron chi connectivity index (χ2n) is 34.0. The topological polar surface area (TPSA) is 327 Å². The van der Waals surface area contributed by atoms with Crippen molar-refractivity contribution in [3.05, 3.63) is 70.8 Å². The third-order valence-electron chi connectivity index (χ3n) is 24.6. The van der Waals surface area contributed by atoms with E-state index in [1.54, 1.807) is 12.1 Å². The number of aromatic carboxylic acids is 1. The predicted molar refractivity (Wildman–Crippen MR) is 474 cm³/mol. The van der Waals surface area contributed by atoms with E-state index in [0.29, 0.717) is 82.2 Å². The normalized spacial score (nSPS) is 23.1. The first-order chi connectivity index (χ1) is 57.0. The van der Waals surface area contributed by atoms with Crippen LogP contribution in [0.1, 0.15) is 302 Å². The maximum absolute atomic E-state index is 12.4. The Labute approximate surface area is 715 Å². The summed E-state index contributed by atoms with van der Waals surface area (Å²) in [6.45, 7) is 7.32. The van der Waals surface area contributed by atoms with Crippen LogP contribution in [0.25, 0.3) is 0 Å². The molecule has 0 bridgehead atoms. The van der Waals surface area contributed by atoms with Crippen LogP contribution in [0.5, 0.6) is 0 Å². The predicted octanol–water partition coefficient (Wildman–Crippen LogP) is 14.9. The number of amides is 10. The Bertz CT molecular complexity index is 3350. The van der Waals surface area contributed by atoms with Crippen molar-refractivity contribution in [1.29, 1.82) is 0 Å². The van der Waals surface area contributed by atoms with Crippen molar-refractivity contribution < 1.29 is 57.8 Å². The third kappa shape index (κ3) is 35.6. The largest absolute Gasteiger partial charge is 0.478 e. The summed E-state index contributed by atoms with van der Waals surface area (Å²) in [6, 6.07) is 16.9. The maximum atomic E-state index is 12.4. The summed E-state index contributed by atoms with van der Waals surface area (Å²) in [7, 11) is 1.41. The van der Waals surface area contributed by atoms with Gasteiger partial charge in [-0.3, -0.25) is 29.0 Å². The van der Waals surface area contributed by atoms with Gasteiger partial charge in [-0.1, -0.05) is 153 Å². The van der Waals surface area contributed by atoms with Crippen molar-refractivity contribution in [3.8, 4) is 0 Å². The van der Waals surface area contributed by atoms with Gasteiger partial charge in [0.25, 0.3) is 0 Å². The Morgan fingerprint density at radius 2 is 0.615 bits per heavy atom. The summed E-state index contributed by atoms with van der Waals surface area (Å²) in [5, 5.41) is 41.5. The quantitative estimate of drug-likeness (QED) is 0.0166. The summed E-state index contributed by atoms with van der Waals surface area (Å²) >= 11 is 7.73. The standard InChI is InChI=1S/C45H72N6O6S2.C44H70N6O6S2/c1-57-43(54)34-25-23-33(24-26-34)30-51(29-17-9-5-7-15-27-46-40(53)22-14-13-21-39-42-37(32-59-39)48-45(56)50-42)28-16-8-4-2-3-6-10-18-35(52)19-11-12-20-38-41-36(31-58-38)47-44(55)49-41;51-34(18-10-11-19-37-40-35(30-57-37)46-43(55)48-40)17-9-5-2-1-3-7-15-27-50(29-32-22-24-33(25-23-32)42(53)54)28-16-8-4-6-14-26-45-39(52)21-13-12-20-38-41-36(31-58-38)47-44(56)49-41/h23-26,36-39,41-42H,2-22,27-32H2,1H3,(H,46,53)(H2,47,49,55)(H2,48,50,56);22-25,35-38,40-41H,1-21,26-31H2,(H,45,52)(H,53,54)(H2,46,48,55)(H2,47,49,56). The summed E-state index contributed by atoms with van der Waals surface area (Å²) in [6.07, 6.45) is 43.2. The molecule has 8 aliphatic rings. The number of ether oxygens (including phenoxy) is 1. The highest BCUT2D eigenvalue weighted by molar-refractivity contribution is 8.01. The average Bonchev–Trinajstić information content (AvgIpc) is 1.67. The van der Waals surface area contributed by atoms with Crippen molar-refractivity contribution >= 4 is 106 Å². The van der Waals surface area contributed by atoms with E-state index in [-0.39, 0.29) is 90.2 Å². The molecule has 0 aliphatic carbocycles. The van der Waals surface area contributed by atoms with E-state index in [4.69, 9.17) is 4.74 Å². The number of carbonyl (C=O) groups is 10. The number of hydrogen-bond acceptors (Lipinski definition) is 17. The lowest BCUT2D eigenvalue weighted by molar-refractivity contribution is -0.122. The molecule has 8 aliphatic heterocycles. The Morgan fingerprint density at radius 1 is 0.350 bits per heavy atom. The minimum Gasteiger partial charge on any atom is -0.478 e. The van der Waals surface area contributed by atoms with Gasteiger partial charge in [-0.15, -0.1) is 0 Å². The van der Waals surface area contributed by atoms with Crippen LogP contribution >= 0.6 is 47.0 Å². The summed E-state index contributed by atoms with van der Waals surface area (Å²) in [5.74, 6) is 3.79. The molecule has 8 heterocycles. The van der Waals surface area contributed by atoms with Gasteiger partial charge >= 0.3 is 36.1 Å². The fraction of sp³-hybridized carbons (Fsp3) is 0.753. The van der Waals surface area contributed by atoms with E-state index in [2.05, 4.69) is 63.0 Å². The van der Waals surface area contributed by atoms with Crippen molar-refractivity contribution in [2.24, 2.45) is 0 Å². The molecular formula is C89H142N12O12S4. The molecule has 0 radical (unpaired) electrons. The number of carbonyl (C=O) groups excluding carboxylic acids is 9. The highest BCUT2D eigenvalue weighted by atomic mass is 32.2. The first kappa shape index (κ1) is 94.9. The number of benzene rings is 2. The van der Waals surface area contributed by atoms with Crippen LogP contribution in [0.3, 0.4) is 0 Å². The zero-order valence-electron chi connectivity index (χ0n) is 70.2. The Morgan fingerprint density at radius 3 is 0.915 bits per heavy atom. The highest BCUT2D eigenvalue weighted by Gasteiger charge is 2.46. The molecule has 24 nitrogen and oxygen atoms in total. The van der Waals surface area contributed by atoms with Crippen molar-refractivity contribution in [2.45, 2.75) is 352 Å². The van der Waals surface area contributed by atoms with E-state index in [0.717, 1.165) is 254 Å². The first-order valence-electron chi connectivity index (χ1n) is 45.3. The number of nitrogens with one attached hydrogen (secondary N) is 10. The molecule has 654 valence electrons. The number of carboxylic acid groups (broad SMARTS) is 1. The highest BCUT2D eigenvalue weighted by Crippen LogP contribution is 2.37. The Balaban J connectivity index is 0.000000267. The molecule has 28 heteroatoms. The number of rotatable bonds is 62.